The third-order valence-corrected chi connectivity index (χ3v) is 6.24. The van der Waals surface area contributed by atoms with Gasteiger partial charge in [0.1, 0.15) is 5.82 Å². The van der Waals surface area contributed by atoms with Gasteiger partial charge in [0.05, 0.1) is 24.0 Å². The van der Waals surface area contributed by atoms with Gasteiger partial charge in [-0.25, -0.2) is 14.4 Å². The van der Waals surface area contributed by atoms with E-state index >= 15 is 0 Å². The number of carbonyl (C=O) groups is 1. The second-order valence-electron chi connectivity index (χ2n) is 8.81. The lowest BCUT2D eigenvalue weighted by Gasteiger charge is -2.21. The predicted molar refractivity (Wildman–Crippen MR) is 126 cm³/mol. The first kappa shape index (κ1) is 22.1. The summed E-state index contributed by atoms with van der Waals surface area (Å²) in [7, 11) is 0. The first-order chi connectivity index (χ1) is 15.6. The molecule has 166 valence electrons. The van der Waals surface area contributed by atoms with Crippen molar-refractivity contribution in [3.8, 4) is 11.3 Å². The van der Waals surface area contributed by atoms with E-state index in [1.807, 2.05) is 31.2 Å². The summed E-state index contributed by atoms with van der Waals surface area (Å²) in [6.07, 6.45) is 10.2. The van der Waals surface area contributed by atoms with Crippen LogP contribution in [0.3, 0.4) is 0 Å². The smallest absolute Gasteiger partial charge is 0.229 e. The number of amides is 1. The van der Waals surface area contributed by atoms with Crippen molar-refractivity contribution in [1.82, 2.24) is 9.97 Å². The molecule has 32 heavy (non-hydrogen) atoms. The summed E-state index contributed by atoms with van der Waals surface area (Å²) in [5.74, 6) is 0.857. The average molecular weight is 432 g/mol. The van der Waals surface area contributed by atoms with Crippen LogP contribution < -0.4 is 5.32 Å². The third kappa shape index (κ3) is 6.00. The van der Waals surface area contributed by atoms with Gasteiger partial charge in [-0.2, -0.15) is 0 Å². The summed E-state index contributed by atoms with van der Waals surface area (Å²) in [6, 6.07) is 14.2. The number of nitrogens with zero attached hydrogens (tertiary/aromatic N) is 2. The minimum absolute atomic E-state index is 0.100. The molecule has 1 saturated carbocycles. The van der Waals surface area contributed by atoms with E-state index in [2.05, 4.69) is 10.3 Å². The second kappa shape index (κ2) is 10.5. The fourth-order valence-corrected chi connectivity index (χ4v) is 4.35. The summed E-state index contributed by atoms with van der Waals surface area (Å²) < 4.78 is 13.3. The van der Waals surface area contributed by atoms with Crippen molar-refractivity contribution in [2.45, 2.75) is 58.3 Å². The summed E-state index contributed by atoms with van der Waals surface area (Å²) in [6.45, 7) is 2.03. The van der Waals surface area contributed by atoms with Gasteiger partial charge in [0.2, 0.25) is 5.91 Å². The molecule has 4 nitrogen and oxygen atoms in total. The number of hydrogen-bond acceptors (Lipinski definition) is 3. The molecule has 1 aromatic heterocycles. The number of halogens is 1. The van der Waals surface area contributed by atoms with Crippen LogP contribution in [0.25, 0.3) is 11.3 Å². The van der Waals surface area contributed by atoms with Crippen molar-refractivity contribution < 1.29 is 9.18 Å². The van der Waals surface area contributed by atoms with E-state index in [1.54, 1.807) is 18.3 Å². The molecular weight excluding hydrogens is 401 g/mol. The average Bonchev–Trinajstić information content (AvgIpc) is 2.81. The standard InChI is InChI=1S/C27H30FN3O/c1-19-7-9-21(10-8-19)17-26(32)31-27-24(16-11-20-5-3-2-4-6-20)30-25(18-29-27)22-12-14-23(28)15-13-22/h7-10,12-15,18,20H,2-6,11,16-17H2,1H3,(H,29,31,32). The van der Waals surface area contributed by atoms with Gasteiger partial charge in [0, 0.05) is 5.56 Å². The summed E-state index contributed by atoms with van der Waals surface area (Å²) in [5.41, 5.74) is 4.44. The van der Waals surface area contributed by atoms with Gasteiger partial charge in [-0.15, -0.1) is 0 Å². The van der Waals surface area contributed by atoms with Crippen LogP contribution >= 0.6 is 0 Å². The molecule has 1 N–H and O–H groups in total. The number of aryl methyl sites for hydroxylation is 2. The highest BCUT2D eigenvalue weighted by Crippen LogP contribution is 2.29. The van der Waals surface area contributed by atoms with Gasteiger partial charge in [0.25, 0.3) is 0 Å². The first-order valence-electron chi connectivity index (χ1n) is 11.5. The largest absolute Gasteiger partial charge is 0.309 e. The van der Waals surface area contributed by atoms with Crippen molar-refractivity contribution in [2.24, 2.45) is 5.92 Å². The molecule has 1 aliphatic carbocycles. The molecule has 1 heterocycles. The van der Waals surface area contributed by atoms with E-state index < -0.39 is 0 Å². The van der Waals surface area contributed by atoms with Crippen molar-refractivity contribution in [2.75, 3.05) is 5.32 Å². The Balaban J connectivity index is 1.52. The van der Waals surface area contributed by atoms with Crippen molar-refractivity contribution >= 4 is 11.7 Å². The van der Waals surface area contributed by atoms with E-state index in [0.717, 1.165) is 29.7 Å². The molecular formula is C27H30FN3O. The zero-order valence-corrected chi connectivity index (χ0v) is 18.6. The van der Waals surface area contributed by atoms with Gasteiger partial charge in [-0.05, 0) is 55.5 Å². The number of carbonyl (C=O) groups excluding carboxylic acids is 1. The number of hydrogen-bond donors (Lipinski definition) is 1. The Bertz CT molecular complexity index is 1040. The highest BCUT2D eigenvalue weighted by molar-refractivity contribution is 5.92. The fourth-order valence-electron chi connectivity index (χ4n) is 4.35. The SMILES string of the molecule is Cc1ccc(CC(=O)Nc2ncc(-c3ccc(F)cc3)nc2CCC2CCCCC2)cc1. The third-order valence-electron chi connectivity index (χ3n) is 6.24. The maximum absolute atomic E-state index is 13.3. The Hall–Kier alpha value is -3.08. The van der Waals surface area contributed by atoms with Crippen LogP contribution in [0.1, 0.15) is 55.3 Å². The number of rotatable bonds is 7. The lowest BCUT2D eigenvalue weighted by atomic mass is 9.86. The van der Waals surface area contributed by atoms with Crippen LogP contribution in [0.4, 0.5) is 10.2 Å². The van der Waals surface area contributed by atoms with Gasteiger partial charge in [0.15, 0.2) is 5.82 Å². The van der Waals surface area contributed by atoms with Crippen LogP contribution in [-0.2, 0) is 17.6 Å². The predicted octanol–water partition coefficient (Wildman–Crippen LogP) is 6.29. The maximum Gasteiger partial charge on any atom is 0.229 e. The molecule has 1 amide bonds. The Kier molecular flexibility index (Phi) is 7.25. The number of benzene rings is 2. The molecule has 0 atom stereocenters. The van der Waals surface area contributed by atoms with Crippen LogP contribution in [-0.4, -0.2) is 15.9 Å². The fraction of sp³-hybridized carbons (Fsp3) is 0.370. The molecule has 2 aromatic carbocycles. The normalized spacial score (nSPS) is 14.3. The van der Waals surface area contributed by atoms with E-state index in [1.165, 1.54) is 49.8 Å². The lowest BCUT2D eigenvalue weighted by Crippen LogP contribution is -2.18. The first-order valence-corrected chi connectivity index (χ1v) is 11.5. The van der Waals surface area contributed by atoms with Gasteiger partial charge < -0.3 is 5.32 Å². The monoisotopic (exact) mass is 431 g/mol. The van der Waals surface area contributed by atoms with Crippen molar-refractivity contribution in [3.05, 3.63) is 77.4 Å². The summed E-state index contributed by atoms with van der Waals surface area (Å²) in [5, 5.41) is 2.98. The molecule has 0 saturated heterocycles. The minimum atomic E-state index is -0.278. The Morgan fingerprint density at radius 1 is 1.03 bits per heavy atom. The van der Waals surface area contributed by atoms with Crippen molar-refractivity contribution in [3.63, 3.8) is 0 Å². The molecule has 1 aliphatic rings. The molecule has 0 unspecified atom stereocenters. The highest BCUT2D eigenvalue weighted by Gasteiger charge is 2.17. The van der Waals surface area contributed by atoms with E-state index in [-0.39, 0.29) is 11.7 Å². The van der Waals surface area contributed by atoms with Crippen LogP contribution in [0.2, 0.25) is 0 Å². The van der Waals surface area contributed by atoms with Gasteiger partial charge in [-0.1, -0.05) is 61.9 Å². The van der Waals surface area contributed by atoms with E-state index in [4.69, 9.17) is 4.98 Å². The minimum Gasteiger partial charge on any atom is -0.309 e. The molecule has 0 radical (unpaired) electrons. The highest BCUT2D eigenvalue weighted by atomic mass is 19.1. The van der Waals surface area contributed by atoms with E-state index in [0.29, 0.717) is 23.9 Å². The maximum atomic E-state index is 13.3. The van der Waals surface area contributed by atoms with E-state index in [9.17, 15) is 9.18 Å². The molecule has 3 aromatic rings. The number of nitrogens with one attached hydrogen (secondary N) is 1. The quantitative estimate of drug-likeness (QED) is 0.479. The zero-order chi connectivity index (χ0) is 22.3. The van der Waals surface area contributed by atoms with Crippen molar-refractivity contribution in [1.29, 1.82) is 0 Å². The molecule has 5 heteroatoms. The molecule has 0 spiro atoms. The van der Waals surface area contributed by atoms with Crippen LogP contribution in [0, 0.1) is 18.7 Å². The molecule has 0 aliphatic heterocycles. The van der Waals surface area contributed by atoms with Gasteiger partial charge >= 0.3 is 0 Å². The van der Waals surface area contributed by atoms with Crippen LogP contribution in [0.15, 0.2) is 54.7 Å². The molecule has 4 rings (SSSR count). The Labute approximate surface area is 189 Å². The van der Waals surface area contributed by atoms with Gasteiger partial charge in [-0.3, -0.25) is 4.79 Å². The lowest BCUT2D eigenvalue weighted by molar-refractivity contribution is -0.115. The Morgan fingerprint density at radius 3 is 2.47 bits per heavy atom. The zero-order valence-electron chi connectivity index (χ0n) is 18.6. The summed E-state index contributed by atoms with van der Waals surface area (Å²) in [4.78, 5) is 22.1. The second-order valence-corrected chi connectivity index (χ2v) is 8.81. The summed E-state index contributed by atoms with van der Waals surface area (Å²) >= 11 is 0. The topological polar surface area (TPSA) is 54.9 Å². The Morgan fingerprint density at radius 2 is 1.75 bits per heavy atom. The molecule has 0 bridgehead atoms. The van der Waals surface area contributed by atoms with Crippen LogP contribution in [0.5, 0.6) is 0 Å². The number of aromatic nitrogens is 2. The number of anilines is 1. The molecule has 1 fully saturated rings.